The lowest BCUT2D eigenvalue weighted by molar-refractivity contribution is 0.0261. The summed E-state index contributed by atoms with van der Waals surface area (Å²) in [6.07, 6.45) is -0.346. The summed E-state index contributed by atoms with van der Waals surface area (Å²) in [7, 11) is 0. The average molecular weight is 568 g/mol. The van der Waals surface area contributed by atoms with Gasteiger partial charge in [0, 0.05) is 28.7 Å². The number of nitriles is 2. The van der Waals surface area contributed by atoms with Gasteiger partial charge in [0.15, 0.2) is 11.6 Å². The molecule has 2 aliphatic heterocycles. The molecule has 0 saturated heterocycles. The van der Waals surface area contributed by atoms with Gasteiger partial charge in [0.1, 0.15) is 6.10 Å². The molecule has 1 amide bonds. The predicted molar refractivity (Wildman–Crippen MR) is 156 cm³/mol. The van der Waals surface area contributed by atoms with Gasteiger partial charge in [-0.15, -0.1) is 0 Å². The molecule has 0 aromatic heterocycles. The molecule has 0 radical (unpaired) electrons. The second-order valence-electron chi connectivity index (χ2n) is 10.2. The molecule has 8 nitrogen and oxygen atoms in total. The van der Waals surface area contributed by atoms with E-state index in [1.54, 1.807) is 73.7 Å². The molecule has 3 unspecified atom stereocenters. The molecule has 2 heterocycles. The topological polar surface area (TPSA) is 137 Å². The van der Waals surface area contributed by atoms with E-state index in [1.165, 1.54) is 0 Å². The van der Waals surface area contributed by atoms with Crippen LogP contribution in [-0.4, -0.2) is 23.4 Å². The summed E-state index contributed by atoms with van der Waals surface area (Å²) in [5, 5.41) is 20.4. The van der Waals surface area contributed by atoms with Crippen molar-refractivity contribution in [2.75, 3.05) is 0 Å². The number of amides is 1. The Labute approximate surface area is 248 Å². The molecule has 6 rings (SSSR count). The molecule has 0 bridgehead atoms. The number of esters is 1. The van der Waals surface area contributed by atoms with Crippen LogP contribution < -0.4 is 5.32 Å². The van der Waals surface area contributed by atoms with Gasteiger partial charge in [-0.05, 0) is 42.0 Å². The van der Waals surface area contributed by atoms with E-state index in [9.17, 15) is 19.2 Å². The van der Waals surface area contributed by atoms with E-state index >= 15 is 0 Å². The van der Waals surface area contributed by atoms with Crippen molar-refractivity contribution in [1.82, 2.24) is 5.32 Å². The molecule has 4 aromatic rings. The number of hydrogen-bond acceptors (Lipinski definition) is 7. The fourth-order valence-electron chi connectivity index (χ4n) is 5.17. The summed E-state index contributed by atoms with van der Waals surface area (Å²) in [5.74, 6) is -1.18. The van der Waals surface area contributed by atoms with E-state index in [1.807, 2.05) is 42.5 Å². The standard InChI is InChI=1S/C18H13NO3.C17H12N2O2/c1-11(16(20)13-8-6-12(10-19)7-9-13)17-14-4-2-3-5-15(14)18(21)22-17;18-10-11-5-7-12(8-6-11)16(20)9-15-13-3-1-2-4-14(13)17(21)19-15/h2-9,11,17H,1H3;1-8,15H,9H2,(H,19,21). The first-order valence-corrected chi connectivity index (χ1v) is 13.6. The van der Waals surface area contributed by atoms with Crippen LogP contribution in [0.1, 0.15) is 89.2 Å². The lowest BCUT2D eigenvalue weighted by Crippen LogP contribution is -2.21. The highest BCUT2D eigenvalue weighted by Crippen LogP contribution is 2.37. The van der Waals surface area contributed by atoms with Gasteiger partial charge in [0.05, 0.1) is 40.8 Å². The maximum atomic E-state index is 12.6. The fourth-order valence-corrected chi connectivity index (χ4v) is 5.17. The number of ether oxygens (including phenoxy) is 1. The fraction of sp³-hybridized carbons (Fsp3) is 0.143. The molecule has 210 valence electrons. The van der Waals surface area contributed by atoms with Crippen LogP contribution in [-0.2, 0) is 4.74 Å². The van der Waals surface area contributed by atoms with Gasteiger partial charge in [-0.1, -0.05) is 67.6 Å². The van der Waals surface area contributed by atoms with E-state index in [4.69, 9.17) is 15.3 Å². The lowest BCUT2D eigenvalue weighted by atomic mass is 9.89. The number of fused-ring (bicyclic) bond motifs is 2. The van der Waals surface area contributed by atoms with Crippen LogP contribution in [0.5, 0.6) is 0 Å². The first kappa shape index (κ1) is 28.7. The normalized spacial score (nSPS) is 16.6. The second kappa shape index (κ2) is 12.3. The van der Waals surface area contributed by atoms with Crippen LogP contribution in [0, 0.1) is 28.6 Å². The molecule has 4 aromatic carbocycles. The Kier molecular flexibility index (Phi) is 8.22. The highest BCUT2D eigenvalue weighted by Gasteiger charge is 2.37. The molecule has 43 heavy (non-hydrogen) atoms. The van der Waals surface area contributed by atoms with Crippen molar-refractivity contribution in [1.29, 1.82) is 10.5 Å². The number of nitrogens with one attached hydrogen (secondary N) is 1. The van der Waals surface area contributed by atoms with Crippen LogP contribution in [0.15, 0.2) is 97.1 Å². The highest BCUT2D eigenvalue weighted by atomic mass is 16.5. The number of rotatable bonds is 6. The molecule has 0 spiro atoms. The number of Topliss-reactive ketones (excluding diaryl/α,β-unsaturated/α-hetero) is 2. The predicted octanol–water partition coefficient (Wildman–Crippen LogP) is 5.90. The van der Waals surface area contributed by atoms with Crippen molar-refractivity contribution in [2.24, 2.45) is 5.92 Å². The third-order valence-corrected chi connectivity index (χ3v) is 7.50. The smallest absolute Gasteiger partial charge is 0.339 e. The van der Waals surface area contributed by atoms with Gasteiger partial charge in [-0.3, -0.25) is 14.4 Å². The van der Waals surface area contributed by atoms with E-state index in [-0.39, 0.29) is 35.9 Å². The number of carbonyl (C=O) groups excluding carboxylic acids is 4. The summed E-state index contributed by atoms with van der Waals surface area (Å²) in [6.45, 7) is 1.75. The molecular formula is C35H25N3O5. The summed E-state index contributed by atoms with van der Waals surface area (Å²) in [5.41, 5.74) is 4.85. The Morgan fingerprint density at radius 3 is 1.91 bits per heavy atom. The summed E-state index contributed by atoms with van der Waals surface area (Å²) >= 11 is 0. The Bertz CT molecular complexity index is 1810. The molecule has 2 aliphatic rings. The molecule has 0 saturated carbocycles. The van der Waals surface area contributed by atoms with Crippen molar-refractivity contribution in [3.63, 3.8) is 0 Å². The first-order valence-electron chi connectivity index (χ1n) is 13.6. The van der Waals surface area contributed by atoms with E-state index in [0.717, 1.165) is 11.1 Å². The van der Waals surface area contributed by atoms with Gasteiger partial charge < -0.3 is 10.1 Å². The zero-order valence-electron chi connectivity index (χ0n) is 23.1. The van der Waals surface area contributed by atoms with Crippen molar-refractivity contribution in [3.05, 3.63) is 142 Å². The first-order chi connectivity index (χ1) is 20.8. The Morgan fingerprint density at radius 1 is 0.767 bits per heavy atom. The third-order valence-electron chi connectivity index (χ3n) is 7.50. The minimum absolute atomic E-state index is 0.0542. The minimum Gasteiger partial charge on any atom is -0.453 e. The van der Waals surface area contributed by atoms with Crippen LogP contribution in [0.2, 0.25) is 0 Å². The molecule has 0 fully saturated rings. The van der Waals surface area contributed by atoms with Gasteiger partial charge in [0.2, 0.25) is 0 Å². The number of cyclic esters (lactones) is 1. The van der Waals surface area contributed by atoms with E-state index in [0.29, 0.717) is 33.4 Å². The molecule has 0 aliphatic carbocycles. The summed E-state index contributed by atoms with van der Waals surface area (Å²) in [4.78, 5) is 48.5. The van der Waals surface area contributed by atoms with Gasteiger partial charge >= 0.3 is 5.97 Å². The number of nitrogens with zero attached hydrogens (tertiary/aromatic N) is 2. The van der Waals surface area contributed by atoms with E-state index < -0.39 is 12.0 Å². The van der Waals surface area contributed by atoms with Gasteiger partial charge in [0.25, 0.3) is 5.91 Å². The van der Waals surface area contributed by atoms with Crippen molar-refractivity contribution >= 4 is 23.4 Å². The SMILES string of the molecule is CC(C(=O)c1ccc(C#N)cc1)C1OC(=O)c2ccccc21.N#Cc1ccc(C(=O)CC2NC(=O)c3ccccc32)cc1. The maximum Gasteiger partial charge on any atom is 0.339 e. The van der Waals surface area contributed by atoms with Crippen LogP contribution >= 0.6 is 0 Å². The number of hydrogen-bond donors (Lipinski definition) is 1. The van der Waals surface area contributed by atoms with Crippen LogP contribution in [0.4, 0.5) is 0 Å². The quantitative estimate of drug-likeness (QED) is 0.226. The maximum absolute atomic E-state index is 12.6. The Hall–Kier alpha value is -5.86. The number of benzene rings is 4. The van der Waals surface area contributed by atoms with Crippen molar-refractivity contribution < 1.29 is 23.9 Å². The largest absolute Gasteiger partial charge is 0.453 e. The Morgan fingerprint density at radius 2 is 1.30 bits per heavy atom. The lowest BCUT2D eigenvalue weighted by Gasteiger charge is -2.18. The zero-order chi connectivity index (χ0) is 30.5. The van der Waals surface area contributed by atoms with Crippen molar-refractivity contribution in [3.8, 4) is 12.1 Å². The zero-order valence-corrected chi connectivity index (χ0v) is 23.1. The van der Waals surface area contributed by atoms with Gasteiger partial charge in [-0.25, -0.2) is 4.79 Å². The summed E-state index contributed by atoms with van der Waals surface area (Å²) in [6, 6.07) is 31.1. The number of ketones is 2. The van der Waals surface area contributed by atoms with Crippen molar-refractivity contribution in [2.45, 2.75) is 25.5 Å². The monoisotopic (exact) mass is 567 g/mol. The molecule has 3 atom stereocenters. The molecular weight excluding hydrogens is 542 g/mol. The third kappa shape index (κ3) is 5.95. The molecule has 1 N–H and O–H groups in total. The minimum atomic E-state index is -0.563. The average Bonchev–Trinajstić information content (AvgIpc) is 3.56. The van der Waals surface area contributed by atoms with Gasteiger partial charge in [-0.2, -0.15) is 10.5 Å². The highest BCUT2D eigenvalue weighted by molar-refractivity contribution is 6.02. The molecule has 8 heteroatoms. The Balaban J connectivity index is 0.000000171. The second-order valence-corrected chi connectivity index (χ2v) is 10.2. The van der Waals surface area contributed by atoms with Crippen LogP contribution in [0.3, 0.4) is 0 Å². The summed E-state index contributed by atoms with van der Waals surface area (Å²) < 4.78 is 5.37. The van der Waals surface area contributed by atoms with Crippen LogP contribution in [0.25, 0.3) is 0 Å². The van der Waals surface area contributed by atoms with E-state index in [2.05, 4.69) is 5.32 Å². The number of carbonyl (C=O) groups is 4.